The minimum atomic E-state index is -0.410. The van der Waals surface area contributed by atoms with Crippen LogP contribution in [0.2, 0.25) is 0 Å². The van der Waals surface area contributed by atoms with E-state index in [1.807, 2.05) is 55.5 Å². The van der Waals surface area contributed by atoms with Gasteiger partial charge in [0.05, 0.1) is 13.2 Å². The van der Waals surface area contributed by atoms with Gasteiger partial charge in [0, 0.05) is 11.1 Å². The smallest absolute Gasteiger partial charge is 0.333 e. The summed E-state index contributed by atoms with van der Waals surface area (Å²) in [5.41, 5.74) is 6.27. The average Bonchev–Trinajstić information content (AvgIpc) is 2.76. The van der Waals surface area contributed by atoms with E-state index in [0.29, 0.717) is 24.0 Å². The Morgan fingerprint density at radius 2 is 1.65 bits per heavy atom. The first-order chi connectivity index (χ1) is 14.9. The summed E-state index contributed by atoms with van der Waals surface area (Å²) in [6, 6.07) is 18.8. The molecule has 0 amide bonds. The summed E-state index contributed by atoms with van der Waals surface area (Å²) >= 11 is 0. The van der Waals surface area contributed by atoms with Gasteiger partial charge in [-0.3, -0.25) is 0 Å². The van der Waals surface area contributed by atoms with Crippen molar-refractivity contribution in [2.24, 2.45) is 0 Å². The topological polar surface area (TPSA) is 46.5 Å². The molecule has 3 rings (SSSR count). The zero-order chi connectivity index (χ0) is 22.4. The van der Waals surface area contributed by atoms with Crippen LogP contribution in [0.5, 0.6) is 0 Å². The van der Waals surface area contributed by atoms with E-state index < -0.39 is 5.97 Å². The zero-order valence-electron chi connectivity index (χ0n) is 18.0. The maximum Gasteiger partial charge on any atom is 0.333 e. The number of hydrogen-bond donors (Lipinski definition) is 1. The molecule has 0 spiro atoms. The molecule has 0 unspecified atom stereocenters. The van der Waals surface area contributed by atoms with Gasteiger partial charge in [-0.15, -0.1) is 0 Å². The number of rotatable bonds is 8. The summed E-state index contributed by atoms with van der Waals surface area (Å²) in [5, 5.41) is 9.66. The van der Waals surface area contributed by atoms with E-state index in [9.17, 15) is 14.3 Å². The Balaban J connectivity index is 1.79. The Kier molecular flexibility index (Phi) is 7.37. The minimum Gasteiger partial charge on any atom is -0.462 e. The summed E-state index contributed by atoms with van der Waals surface area (Å²) in [6.45, 7) is 7.35. The second-order valence-electron chi connectivity index (χ2n) is 7.72. The van der Waals surface area contributed by atoms with Gasteiger partial charge in [-0.2, -0.15) is 0 Å². The molecule has 0 saturated carbocycles. The van der Waals surface area contributed by atoms with Crippen molar-refractivity contribution in [3.05, 3.63) is 95.3 Å². The maximum absolute atomic E-state index is 15.0. The first kappa shape index (κ1) is 22.4. The number of benzene rings is 3. The molecule has 0 atom stereocenters. The third-order valence-electron chi connectivity index (χ3n) is 5.21. The van der Waals surface area contributed by atoms with E-state index in [0.717, 1.165) is 33.4 Å². The van der Waals surface area contributed by atoms with Crippen molar-refractivity contribution in [2.45, 2.75) is 33.3 Å². The van der Waals surface area contributed by atoms with Crippen LogP contribution < -0.4 is 0 Å². The normalized spacial score (nSPS) is 10.7. The van der Waals surface area contributed by atoms with Gasteiger partial charge < -0.3 is 9.84 Å². The monoisotopic (exact) mass is 418 g/mol. The van der Waals surface area contributed by atoms with Crippen LogP contribution in [0.3, 0.4) is 0 Å². The summed E-state index contributed by atoms with van der Waals surface area (Å²) in [6.07, 6.45) is 1.21. The highest BCUT2D eigenvalue weighted by Gasteiger charge is 2.11. The van der Waals surface area contributed by atoms with Crippen LogP contribution in [0, 0.1) is 12.7 Å². The molecule has 0 aromatic heterocycles. The maximum atomic E-state index is 15.0. The van der Waals surface area contributed by atoms with Crippen LogP contribution in [-0.2, 0) is 22.6 Å². The van der Waals surface area contributed by atoms with Crippen molar-refractivity contribution >= 4 is 5.97 Å². The lowest BCUT2D eigenvalue weighted by Crippen LogP contribution is -2.07. The van der Waals surface area contributed by atoms with Crippen molar-refractivity contribution in [3.63, 3.8) is 0 Å². The number of carbonyl (C=O) groups is 1. The molecule has 0 heterocycles. The Morgan fingerprint density at radius 3 is 2.29 bits per heavy atom. The molecule has 0 saturated heterocycles. The molecular weight excluding hydrogens is 391 g/mol. The first-order valence-corrected chi connectivity index (χ1v) is 10.3. The van der Waals surface area contributed by atoms with Gasteiger partial charge in [0.2, 0.25) is 0 Å². The number of aryl methyl sites for hydroxylation is 2. The first-order valence-electron chi connectivity index (χ1n) is 10.3. The van der Waals surface area contributed by atoms with Crippen molar-refractivity contribution in [3.8, 4) is 22.3 Å². The van der Waals surface area contributed by atoms with E-state index in [-0.39, 0.29) is 19.0 Å². The van der Waals surface area contributed by atoms with Gasteiger partial charge in [-0.05, 0) is 60.6 Å². The molecule has 0 bridgehead atoms. The Labute approximate surface area is 182 Å². The van der Waals surface area contributed by atoms with E-state index >= 15 is 0 Å². The molecule has 160 valence electrons. The SMILES string of the molecule is C=C(C)C(=O)OCCCc1cc(-c2ccc(-c3ccc(C)cc3)cc2F)ccc1CO. The Morgan fingerprint density at radius 1 is 0.968 bits per heavy atom. The van der Waals surface area contributed by atoms with E-state index in [2.05, 4.69) is 6.58 Å². The number of aliphatic hydroxyl groups is 1. The Bertz CT molecular complexity index is 1080. The number of hydrogen-bond acceptors (Lipinski definition) is 3. The third-order valence-corrected chi connectivity index (χ3v) is 5.21. The van der Waals surface area contributed by atoms with Crippen LogP contribution in [0.25, 0.3) is 22.3 Å². The summed E-state index contributed by atoms with van der Waals surface area (Å²) in [5.74, 6) is -0.706. The van der Waals surface area contributed by atoms with E-state index in [1.165, 1.54) is 0 Å². The van der Waals surface area contributed by atoms with Gasteiger partial charge in [-0.25, -0.2) is 9.18 Å². The van der Waals surface area contributed by atoms with Gasteiger partial charge in [0.15, 0.2) is 0 Å². The van der Waals surface area contributed by atoms with Gasteiger partial charge in [0.1, 0.15) is 5.82 Å². The standard InChI is InChI=1S/C27H27FO3/c1-18(2)27(30)31-14-4-5-21-15-23(10-11-24(21)17-29)25-13-12-22(16-26(25)28)20-8-6-19(3)7-9-20/h6-13,15-16,29H,1,4-5,14,17H2,2-3H3. The summed E-state index contributed by atoms with van der Waals surface area (Å²) in [4.78, 5) is 11.5. The zero-order valence-corrected chi connectivity index (χ0v) is 18.0. The predicted octanol–water partition coefficient (Wildman–Crippen LogP) is 6.01. The molecule has 3 nitrogen and oxygen atoms in total. The van der Waals surface area contributed by atoms with E-state index in [4.69, 9.17) is 4.74 Å². The molecular formula is C27H27FO3. The summed E-state index contributed by atoms with van der Waals surface area (Å²) in [7, 11) is 0. The highest BCUT2D eigenvalue weighted by molar-refractivity contribution is 5.86. The molecule has 1 N–H and O–H groups in total. The number of carbonyl (C=O) groups excluding carboxylic acids is 1. The van der Waals surface area contributed by atoms with Gasteiger partial charge >= 0.3 is 5.97 Å². The van der Waals surface area contributed by atoms with Gasteiger partial charge in [0.25, 0.3) is 0 Å². The lowest BCUT2D eigenvalue weighted by molar-refractivity contribution is -0.139. The molecule has 0 aliphatic heterocycles. The largest absolute Gasteiger partial charge is 0.462 e. The predicted molar refractivity (Wildman–Crippen MR) is 122 cm³/mol. The second kappa shape index (κ2) is 10.2. The van der Waals surface area contributed by atoms with Gasteiger partial charge in [-0.1, -0.05) is 66.7 Å². The highest BCUT2D eigenvalue weighted by Crippen LogP contribution is 2.30. The lowest BCUT2D eigenvalue weighted by atomic mass is 9.95. The van der Waals surface area contributed by atoms with E-state index in [1.54, 1.807) is 19.1 Å². The lowest BCUT2D eigenvalue weighted by Gasteiger charge is -2.12. The van der Waals surface area contributed by atoms with Crippen molar-refractivity contribution in [1.29, 1.82) is 0 Å². The summed E-state index contributed by atoms with van der Waals surface area (Å²) < 4.78 is 20.1. The fourth-order valence-electron chi connectivity index (χ4n) is 3.41. The van der Waals surface area contributed by atoms with Crippen LogP contribution in [0.15, 0.2) is 72.8 Å². The number of esters is 1. The van der Waals surface area contributed by atoms with Crippen molar-refractivity contribution in [1.82, 2.24) is 0 Å². The molecule has 0 aliphatic rings. The Hall–Kier alpha value is -3.24. The van der Waals surface area contributed by atoms with Crippen LogP contribution in [0.1, 0.15) is 30.0 Å². The fourth-order valence-corrected chi connectivity index (χ4v) is 3.41. The number of halogens is 1. The quantitative estimate of drug-likeness (QED) is 0.277. The molecule has 31 heavy (non-hydrogen) atoms. The molecule has 0 fully saturated rings. The van der Waals surface area contributed by atoms with Crippen LogP contribution in [-0.4, -0.2) is 17.7 Å². The second-order valence-corrected chi connectivity index (χ2v) is 7.72. The average molecular weight is 419 g/mol. The van der Waals surface area contributed by atoms with Crippen molar-refractivity contribution < 1.29 is 19.0 Å². The molecule has 3 aromatic rings. The van der Waals surface area contributed by atoms with Crippen molar-refractivity contribution in [2.75, 3.05) is 6.61 Å². The third kappa shape index (κ3) is 5.68. The molecule has 0 aliphatic carbocycles. The molecule has 0 radical (unpaired) electrons. The van der Waals surface area contributed by atoms with Crippen LogP contribution in [0.4, 0.5) is 4.39 Å². The molecule has 4 heteroatoms. The highest BCUT2D eigenvalue weighted by atomic mass is 19.1. The number of ether oxygens (including phenoxy) is 1. The minimum absolute atomic E-state index is 0.101. The number of aliphatic hydroxyl groups excluding tert-OH is 1. The van der Waals surface area contributed by atoms with Crippen LogP contribution >= 0.6 is 0 Å². The fraction of sp³-hybridized carbons (Fsp3) is 0.222. The molecule has 3 aromatic carbocycles.